The van der Waals surface area contributed by atoms with Crippen LogP contribution < -0.4 is 5.32 Å². The maximum Gasteiger partial charge on any atom is 0.274 e. The average molecular weight is 395 g/mol. The van der Waals surface area contributed by atoms with Crippen LogP contribution in [0.4, 0.5) is 0 Å². The number of carbonyl (C=O) groups is 3. The fourth-order valence-corrected chi connectivity index (χ4v) is 3.90. The van der Waals surface area contributed by atoms with Crippen LogP contribution in [0, 0.1) is 0 Å². The first-order valence-electron chi connectivity index (χ1n) is 10.0. The van der Waals surface area contributed by atoms with E-state index in [1.807, 2.05) is 19.1 Å². The molecule has 0 aromatic carbocycles. The van der Waals surface area contributed by atoms with Crippen LogP contribution in [0.2, 0.25) is 0 Å². The lowest BCUT2D eigenvalue weighted by atomic mass is 10.2. The van der Waals surface area contributed by atoms with E-state index in [0.717, 1.165) is 24.0 Å². The van der Waals surface area contributed by atoms with Crippen LogP contribution in [0.15, 0.2) is 41.5 Å². The lowest BCUT2D eigenvalue weighted by Gasteiger charge is -2.21. The molecular formula is C21H25N5O3. The Morgan fingerprint density at radius 3 is 2.59 bits per heavy atom. The summed E-state index contributed by atoms with van der Waals surface area (Å²) < 4.78 is 1.62. The van der Waals surface area contributed by atoms with Gasteiger partial charge in [0.2, 0.25) is 5.91 Å². The van der Waals surface area contributed by atoms with Gasteiger partial charge in [-0.15, -0.1) is 0 Å². The van der Waals surface area contributed by atoms with Crippen LogP contribution >= 0.6 is 0 Å². The third kappa shape index (κ3) is 3.87. The third-order valence-corrected chi connectivity index (χ3v) is 5.41. The number of allylic oxidation sites excluding steroid dienone is 3. The molecular weight excluding hydrogens is 370 g/mol. The first-order valence-corrected chi connectivity index (χ1v) is 10.0. The summed E-state index contributed by atoms with van der Waals surface area (Å²) in [6, 6.07) is 1.58. The van der Waals surface area contributed by atoms with Crippen molar-refractivity contribution in [2.24, 2.45) is 0 Å². The van der Waals surface area contributed by atoms with E-state index >= 15 is 0 Å². The van der Waals surface area contributed by atoms with E-state index in [0.29, 0.717) is 50.7 Å². The van der Waals surface area contributed by atoms with Gasteiger partial charge in [0.25, 0.3) is 11.8 Å². The summed E-state index contributed by atoms with van der Waals surface area (Å²) in [6.07, 6.45) is 8.95. The Morgan fingerprint density at radius 1 is 1.14 bits per heavy atom. The van der Waals surface area contributed by atoms with Crippen molar-refractivity contribution < 1.29 is 14.4 Å². The molecule has 8 nitrogen and oxygen atoms in total. The molecule has 0 radical (unpaired) electrons. The highest BCUT2D eigenvalue weighted by molar-refractivity contribution is 5.98. The Bertz CT molecular complexity index is 922. The third-order valence-electron chi connectivity index (χ3n) is 5.41. The molecule has 0 spiro atoms. The standard InChI is InChI=1S/C21H25N5O3/c1-2-3-4-5-7-19(27)24-11-15-13-25(14-16(15)12-24)21(29)17-10-18-20(28)22-8-6-9-26(18)23-17/h3-5,7,10H,2,6,8-9,11-14H2,1H3,(H,22,28)/b4-3+,7-5+. The smallest absolute Gasteiger partial charge is 0.274 e. The molecule has 4 heterocycles. The van der Waals surface area contributed by atoms with Crippen molar-refractivity contribution in [3.05, 3.63) is 52.9 Å². The van der Waals surface area contributed by atoms with Crippen molar-refractivity contribution in [3.8, 4) is 0 Å². The van der Waals surface area contributed by atoms with Crippen LogP contribution in [-0.2, 0) is 11.3 Å². The summed E-state index contributed by atoms with van der Waals surface area (Å²) in [5.74, 6) is -0.371. The van der Waals surface area contributed by atoms with Gasteiger partial charge < -0.3 is 15.1 Å². The molecule has 3 aliphatic heterocycles. The van der Waals surface area contributed by atoms with Gasteiger partial charge in [0, 0.05) is 51.4 Å². The highest BCUT2D eigenvalue weighted by atomic mass is 16.2. The maximum atomic E-state index is 12.9. The summed E-state index contributed by atoms with van der Waals surface area (Å²) in [4.78, 5) is 40.8. The first kappa shape index (κ1) is 19.2. The second-order valence-electron chi connectivity index (χ2n) is 7.51. The molecule has 0 saturated carbocycles. The zero-order valence-corrected chi connectivity index (χ0v) is 16.6. The summed E-state index contributed by atoms with van der Waals surface area (Å²) in [5, 5.41) is 7.17. The molecule has 3 amide bonds. The quantitative estimate of drug-likeness (QED) is 0.470. The van der Waals surface area contributed by atoms with Crippen LogP contribution in [0.5, 0.6) is 0 Å². The highest BCUT2D eigenvalue weighted by Gasteiger charge is 2.35. The molecule has 1 aromatic rings. The number of fused-ring (bicyclic) bond motifs is 1. The summed E-state index contributed by atoms with van der Waals surface area (Å²) in [5.41, 5.74) is 2.99. The topological polar surface area (TPSA) is 87.5 Å². The number of amides is 3. The predicted molar refractivity (Wildman–Crippen MR) is 107 cm³/mol. The van der Waals surface area contributed by atoms with Crippen LogP contribution in [0.25, 0.3) is 0 Å². The Hall–Kier alpha value is -3.16. The molecule has 0 aliphatic carbocycles. The molecule has 1 aromatic heterocycles. The number of nitrogens with zero attached hydrogens (tertiary/aromatic N) is 4. The second-order valence-corrected chi connectivity index (χ2v) is 7.51. The minimum Gasteiger partial charge on any atom is -0.351 e. The average Bonchev–Trinajstić information content (AvgIpc) is 3.38. The number of hydrogen-bond donors (Lipinski definition) is 1. The van der Waals surface area contributed by atoms with Gasteiger partial charge in [0.1, 0.15) is 5.69 Å². The summed E-state index contributed by atoms with van der Waals surface area (Å²) in [6.45, 7) is 5.41. The van der Waals surface area contributed by atoms with Gasteiger partial charge in [-0.05, 0) is 24.0 Å². The van der Waals surface area contributed by atoms with Crippen molar-refractivity contribution in [2.75, 3.05) is 32.7 Å². The molecule has 0 fully saturated rings. The molecule has 152 valence electrons. The normalized spacial score (nSPS) is 19.1. The van der Waals surface area contributed by atoms with E-state index in [-0.39, 0.29) is 17.7 Å². The van der Waals surface area contributed by atoms with E-state index in [1.54, 1.807) is 32.7 Å². The number of hydrogen-bond acceptors (Lipinski definition) is 4. The van der Waals surface area contributed by atoms with Crippen molar-refractivity contribution in [1.82, 2.24) is 24.9 Å². The molecule has 0 unspecified atom stereocenters. The fraction of sp³-hybridized carbons (Fsp3) is 0.429. The molecule has 4 rings (SSSR count). The minimum absolute atomic E-state index is 0.0121. The van der Waals surface area contributed by atoms with Gasteiger partial charge in [-0.2, -0.15) is 5.10 Å². The number of carbonyl (C=O) groups excluding carboxylic acids is 3. The lowest BCUT2D eigenvalue weighted by molar-refractivity contribution is -0.124. The van der Waals surface area contributed by atoms with E-state index in [4.69, 9.17) is 0 Å². The second kappa shape index (κ2) is 8.06. The van der Waals surface area contributed by atoms with E-state index < -0.39 is 0 Å². The zero-order valence-electron chi connectivity index (χ0n) is 16.6. The van der Waals surface area contributed by atoms with Crippen LogP contribution in [0.3, 0.4) is 0 Å². The SMILES string of the molecule is CC/C=C/C=C/C(=O)N1CC2=C(C1)CN(C(=O)c1cc3n(n1)CCCNC3=O)C2. The molecule has 29 heavy (non-hydrogen) atoms. The number of rotatable bonds is 4. The van der Waals surface area contributed by atoms with Crippen molar-refractivity contribution in [3.63, 3.8) is 0 Å². The molecule has 8 heteroatoms. The van der Waals surface area contributed by atoms with Gasteiger partial charge >= 0.3 is 0 Å². The van der Waals surface area contributed by atoms with E-state index in [9.17, 15) is 14.4 Å². The predicted octanol–water partition coefficient (Wildman–Crippen LogP) is 1.13. The van der Waals surface area contributed by atoms with Crippen LogP contribution in [0.1, 0.15) is 40.7 Å². The first-order chi connectivity index (χ1) is 14.1. The summed E-state index contributed by atoms with van der Waals surface area (Å²) in [7, 11) is 0. The van der Waals surface area contributed by atoms with Gasteiger partial charge in [-0.1, -0.05) is 25.2 Å². The maximum absolute atomic E-state index is 12.9. The Kier molecular flexibility index (Phi) is 5.33. The highest BCUT2D eigenvalue weighted by Crippen LogP contribution is 2.27. The lowest BCUT2D eigenvalue weighted by Crippen LogP contribution is -2.36. The zero-order chi connectivity index (χ0) is 20.4. The number of nitrogens with one attached hydrogen (secondary N) is 1. The van der Waals surface area contributed by atoms with Crippen molar-refractivity contribution >= 4 is 17.7 Å². The van der Waals surface area contributed by atoms with Gasteiger partial charge in [-0.3, -0.25) is 19.1 Å². The number of aromatic nitrogens is 2. The molecule has 0 atom stereocenters. The Morgan fingerprint density at radius 2 is 1.86 bits per heavy atom. The van der Waals surface area contributed by atoms with Crippen molar-refractivity contribution in [1.29, 1.82) is 0 Å². The summed E-state index contributed by atoms with van der Waals surface area (Å²) >= 11 is 0. The fourth-order valence-electron chi connectivity index (χ4n) is 3.90. The molecule has 0 saturated heterocycles. The Balaban J connectivity index is 1.36. The van der Waals surface area contributed by atoms with E-state index in [2.05, 4.69) is 10.4 Å². The minimum atomic E-state index is -0.188. The molecule has 1 N–H and O–H groups in total. The van der Waals surface area contributed by atoms with Gasteiger partial charge in [0.15, 0.2) is 5.69 Å². The largest absolute Gasteiger partial charge is 0.351 e. The molecule has 0 bridgehead atoms. The van der Waals surface area contributed by atoms with Gasteiger partial charge in [0.05, 0.1) is 0 Å². The Labute approximate surface area is 169 Å². The number of aryl methyl sites for hydroxylation is 1. The monoisotopic (exact) mass is 395 g/mol. The van der Waals surface area contributed by atoms with Crippen LogP contribution in [-0.4, -0.2) is 70.0 Å². The molecule has 3 aliphatic rings. The van der Waals surface area contributed by atoms with E-state index in [1.165, 1.54) is 0 Å². The van der Waals surface area contributed by atoms with Gasteiger partial charge in [-0.25, -0.2) is 0 Å². The van der Waals surface area contributed by atoms with Crippen molar-refractivity contribution in [2.45, 2.75) is 26.3 Å².